The van der Waals surface area contributed by atoms with Crippen LogP contribution in [0, 0.1) is 17.7 Å². The number of hydrogen-bond acceptors (Lipinski definition) is 5. The average molecular weight is 347 g/mol. The number of oxazole rings is 1. The molecule has 0 spiro atoms. The molecule has 2 fully saturated rings. The molecule has 1 amide bonds. The molecular formula is C18H22FN3O3. The zero-order valence-electron chi connectivity index (χ0n) is 14.7. The first kappa shape index (κ1) is 16.2. The number of ether oxygens (including phenoxy) is 1. The lowest BCUT2D eigenvalue weighted by atomic mass is 10.0. The largest absolute Gasteiger partial charge is 0.444 e. The van der Waals surface area contributed by atoms with E-state index in [1.165, 1.54) is 12.1 Å². The minimum absolute atomic E-state index is 0.245. The third-order valence-electron chi connectivity index (χ3n) is 4.75. The molecule has 134 valence electrons. The molecule has 2 unspecified atom stereocenters. The van der Waals surface area contributed by atoms with E-state index in [0.29, 0.717) is 42.0 Å². The Morgan fingerprint density at radius 2 is 1.92 bits per heavy atom. The number of amides is 1. The Bertz CT molecular complexity index is 799. The van der Waals surface area contributed by atoms with Crippen LogP contribution in [0.3, 0.4) is 0 Å². The summed E-state index contributed by atoms with van der Waals surface area (Å²) in [6, 6.07) is 4.87. The summed E-state index contributed by atoms with van der Waals surface area (Å²) in [6.07, 6.45) is -0.245. The van der Waals surface area contributed by atoms with Crippen molar-refractivity contribution in [2.24, 2.45) is 11.8 Å². The van der Waals surface area contributed by atoms with Gasteiger partial charge in [0.05, 0.1) is 0 Å². The van der Waals surface area contributed by atoms with Crippen LogP contribution in [-0.4, -0.2) is 47.8 Å². The van der Waals surface area contributed by atoms with Crippen LogP contribution in [0.4, 0.5) is 15.2 Å². The number of aromatic nitrogens is 1. The molecule has 2 aromatic rings. The van der Waals surface area contributed by atoms with Gasteiger partial charge in [0.15, 0.2) is 5.58 Å². The fourth-order valence-corrected chi connectivity index (χ4v) is 3.65. The SMILES string of the molecule is CC(C)(C)OC(=O)N1CC2CN(c3nc4cc(F)ccc4o3)CC2C1. The lowest BCUT2D eigenvalue weighted by molar-refractivity contribution is 0.0282. The van der Waals surface area contributed by atoms with E-state index in [1.54, 1.807) is 11.0 Å². The zero-order chi connectivity index (χ0) is 17.8. The molecule has 3 heterocycles. The van der Waals surface area contributed by atoms with Crippen molar-refractivity contribution >= 4 is 23.2 Å². The smallest absolute Gasteiger partial charge is 0.410 e. The molecule has 0 bridgehead atoms. The van der Waals surface area contributed by atoms with Gasteiger partial charge in [0, 0.05) is 44.1 Å². The van der Waals surface area contributed by atoms with Gasteiger partial charge in [-0.15, -0.1) is 0 Å². The quantitative estimate of drug-likeness (QED) is 0.792. The molecule has 7 heteroatoms. The van der Waals surface area contributed by atoms with Gasteiger partial charge >= 0.3 is 6.09 Å². The first-order valence-electron chi connectivity index (χ1n) is 8.57. The second kappa shape index (κ2) is 5.61. The van der Waals surface area contributed by atoms with Crippen LogP contribution in [-0.2, 0) is 4.74 Å². The van der Waals surface area contributed by atoms with Crippen LogP contribution in [0.5, 0.6) is 0 Å². The van der Waals surface area contributed by atoms with E-state index in [2.05, 4.69) is 9.88 Å². The van der Waals surface area contributed by atoms with Crippen molar-refractivity contribution in [3.8, 4) is 0 Å². The first-order valence-corrected chi connectivity index (χ1v) is 8.57. The molecule has 4 rings (SSSR count). The highest BCUT2D eigenvalue weighted by Crippen LogP contribution is 2.35. The van der Waals surface area contributed by atoms with E-state index in [1.807, 2.05) is 20.8 Å². The Morgan fingerprint density at radius 3 is 2.56 bits per heavy atom. The number of carbonyl (C=O) groups is 1. The number of benzene rings is 1. The van der Waals surface area contributed by atoms with E-state index < -0.39 is 5.60 Å². The minimum Gasteiger partial charge on any atom is -0.444 e. The van der Waals surface area contributed by atoms with Gasteiger partial charge in [-0.2, -0.15) is 4.98 Å². The maximum Gasteiger partial charge on any atom is 0.410 e. The number of halogens is 1. The van der Waals surface area contributed by atoms with Gasteiger partial charge in [-0.1, -0.05) is 0 Å². The monoisotopic (exact) mass is 347 g/mol. The maximum absolute atomic E-state index is 13.3. The van der Waals surface area contributed by atoms with Crippen molar-refractivity contribution in [2.45, 2.75) is 26.4 Å². The van der Waals surface area contributed by atoms with Gasteiger partial charge in [0.1, 0.15) is 16.9 Å². The van der Waals surface area contributed by atoms with Crippen LogP contribution in [0.2, 0.25) is 0 Å². The molecule has 2 aliphatic heterocycles. The molecule has 2 aliphatic rings. The number of carbonyl (C=O) groups excluding carboxylic acids is 1. The lowest BCUT2D eigenvalue weighted by Gasteiger charge is -2.25. The second-order valence-corrected chi connectivity index (χ2v) is 7.92. The van der Waals surface area contributed by atoms with Crippen molar-refractivity contribution in [2.75, 3.05) is 31.1 Å². The first-order chi connectivity index (χ1) is 11.8. The molecule has 6 nitrogen and oxygen atoms in total. The number of fused-ring (bicyclic) bond motifs is 2. The summed E-state index contributed by atoms with van der Waals surface area (Å²) in [6.45, 7) is 8.55. The summed E-state index contributed by atoms with van der Waals surface area (Å²) in [7, 11) is 0. The Morgan fingerprint density at radius 1 is 1.24 bits per heavy atom. The van der Waals surface area contributed by atoms with Gasteiger partial charge in [0.2, 0.25) is 0 Å². The summed E-state index contributed by atoms with van der Waals surface area (Å²) in [4.78, 5) is 20.5. The highest BCUT2D eigenvalue weighted by atomic mass is 19.1. The normalized spacial score (nSPS) is 23.4. The molecular weight excluding hydrogens is 325 g/mol. The number of anilines is 1. The van der Waals surface area contributed by atoms with Crippen molar-refractivity contribution < 1.29 is 18.3 Å². The Hall–Kier alpha value is -2.31. The molecule has 0 aliphatic carbocycles. The molecule has 2 atom stereocenters. The summed E-state index contributed by atoms with van der Waals surface area (Å²) < 4.78 is 24.5. The molecule has 0 radical (unpaired) electrons. The van der Waals surface area contributed by atoms with Gasteiger partial charge in [-0.25, -0.2) is 9.18 Å². The van der Waals surface area contributed by atoms with E-state index in [4.69, 9.17) is 9.15 Å². The van der Waals surface area contributed by atoms with Crippen molar-refractivity contribution in [3.63, 3.8) is 0 Å². The molecule has 1 aromatic heterocycles. The van der Waals surface area contributed by atoms with Gasteiger partial charge in [-0.05, 0) is 32.9 Å². The van der Waals surface area contributed by atoms with Crippen LogP contribution >= 0.6 is 0 Å². The van der Waals surface area contributed by atoms with Gasteiger partial charge in [0.25, 0.3) is 6.01 Å². The summed E-state index contributed by atoms with van der Waals surface area (Å²) >= 11 is 0. The van der Waals surface area contributed by atoms with Crippen molar-refractivity contribution in [1.29, 1.82) is 0 Å². The van der Waals surface area contributed by atoms with Crippen LogP contribution in [0.1, 0.15) is 20.8 Å². The van der Waals surface area contributed by atoms with E-state index in [9.17, 15) is 9.18 Å². The van der Waals surface area contributed by atoms with E-state index in [-0.39, 0.29) is 11.9 Å². The minimum atomic E-state index is -0.478. The lowest BCUT2D eigenvalue weighted by Crippen LogP contribution is -2.37. The van der Waals surface area contributed by atoms with Gasteiger partial charge in [-0.3, -0.25) is 0 Å². The fraction of sp³-hybridized carbons (Fsp3) is 0.556. The standard InChI is InChI=1S/C18H22FN3O3/c1-18(2,3)25-17(23)22-9-11-7-21(8-12(11)10-22)16-20-14-6-13(19)4-5-15(14)24-16/h4-6,11-12H,7-10H2,1-3H3. The van der Waals surface area contributed by atoms with Crippen molar-refractivity contribution in [3.05, 3.63) is 24.0 Å². The Labute approximate surface area is 145 Å². The Kier molecular flexibility index (Phi) is 3.63. The highest BCUT2D eigenvalue weighted by molar-refractivity contribution is 5.74. The van der Waals surface area contributed by atoms with Crippen LogP contribution < -0.4 is 4.90 Å². The summed E-state index contributed by atoms with van der Waals surface area (Å²) in [5.41, 5.74) is 0.639. The number of likely N-dealkylation sites (tertiary alicyclic amines) is 1. The van der Waals surface area contributed by atoms with Crippen molar-refractivity contribution in [1.82, 2.24) is 9.88 Å². The van der Waals surface area contributed by atoms with E-state index >= 15 is 0 Å². The predicted octanol–water partition coefficient (Wildman–Crippen LogP) is 3.27. The Balaban J connectivity index is 1.42. The highest BCUT2D eigenvalue weighted by Gasteiger charge is 2.43. The predicted molar refractivity (Wildman–Crippen MR) is 91.0 cm³/mol. The zero-order valence-corrected chi connectivity index (χ0v) is 14.7. The summed E-state index contributed by atoms with van der Waals surface area (Å²) in [5, 5.41) is 0. The number of nitrogens with zero attached hydrogens (tertiary/aromatic N) is 3. The maximum atomic E-state index is 13.3. The van der Waals surface area contributed by atoms with E-state index in [0.717, 1.165) is 13.1 Å². The average Bonchev–Trinajstić information content (AvgIpc) is 3.15. The molecule has 0 N–H and O–H groups in total. The number of rotatable bonds is 1. The molecule has 0 saturated carbocycles. The molecule has 25 heavy (non-hydrogen) atoms. The fourth-order valence-electron chi connectivity index (χ4n) is 3.65. The summed E-state index contributed by atoms with van der Waals surface area (Å²) in [5.74, 6) is 0.428. The van der Waals surface area contributed by atoms with Crippen LogP contribution in [0.25, 0.3) is 11.1 Å². The topological polar surface area (TPSA) is 58.8 Å². The second-order valence-electron chi connectivity index (χ2n) is 7.92. The number of hydrogen-bond donors (Lipinski definition) is 0. The van der Waals surface area contributed by atoms with Gasteiger partial charge < -0.3 is 19.0 Å². The third-order valence-corrected chi connectivity index (χ3v) is 4.75. The van der Waals surface area contributed by atoms with Crippen LogP contribution in [0.15, 0.2) is 22.6 Å². The molecule has 1 aromatic carbocycles. The molecule has 2 saturated heterocycles. The third kappa shape index (κ3) is 3.15.